The van der Waals surface area contributed by atoms with E-state index in [9.17, 15) is 4.79 Å². The number of fused-ring (bicyclic) bond motifs is 1. The molecule has 2 rings (SSSR count). The zero-order valence-electron chi connectivity index (χ0n) is 7.27. The average Bonchev–Trinajstić information content (AvgIpc) is 2.62. The summed E-state index contributed by atoms with van der Waals surface area (Å²) in [6.45, 7) is 0. The van der Waals surface area contributed by atoms with E-state index < -0.39 is 12.0 Å². The molecule has 1 aromatic heterocycles. The molecule has 0 bridgehead atoms. The highest BCUT2D eigenvalue weighted by Gasteiger charge is 2.14. The number of carbonyl (C=O) groups is 1. The molecule has 0 saturated heterocycles. The van der Waals surface area contributed by atoms with Crippen LogP contribution in [0.4, 0.5) is 0 Å². The van der Waals surface area contributed by atoms with Crippen LogP contribution in [-0.2, 0) is 4.79 Å². The molecule has 1 aromatic carbocycles. The minimum absolute atomic E-state index is 0.564. The van der Waals surface area contributed by atoms with E-state index in [-0.39, 0.29) is 0 Å². The van der Waals surface area contributed by atoms with Crippen molar-refractivity contribution < 1.29 is 9.90 Å². The highest BCUT2D eigenvalue weighted by molar-refractivity contribution is 5.80. The summed E-state index contributed by atoms with van der Waals surface area (Å²) >= 11 is 0. The van der Waals surface area contributed by atoms with E-state index in [2.05, 4.69) is 9.97 Å². The van der Waals surface area contributed by atoms with E-state index in [0.717, 1.165) is 11.0 Å². The van der Waals surface area contributed by atoms with Crippen LogP contribution < -0.4 is 5.73 Å². The number of aromatic nitrogens is 2. The van der Waals surface area contributed by atoms with Crippen molar-refractivity contribution in [1.29, 1.82) is 0 Å². The lowest BCUT2D eigenvalue weighted by Gasteiger charge is -2.05. The Morgan fingerprint density at radius 3 is 3.07 bits per heavy atom. The molecule has 0 radical (unpaired) electrons. The molecule has 72 valence electrons. The van der Waals surface area contributed by atoms with Gasteiger partial charge in [0, 0.05) is 0 Å². The molecule has 2 aromatic rings. The molecular weight excluding hydrogens is 182 g/mol. The summed E-state index contributed by atoms with van der Waals surface area (Å²) in [5, 5.41) is 8.71. The van der Waals surface area contributed by atoms with Gasteiger partial charge in [0.1, 0.15) is 6.04 Å². The number of benzene rings is 1. The molecule has 0 amide bonds. The zero-order chi connectivity index (χ0) is 10.1. The fraction of sp³-hybridized carbons (Fsp3) is 0.111. The van der Waals surface area contributed by atoms with Gasteiger partial charge in [-0.25, -0.2) is 4.98 Å². The quantitative estimate of drug-likeness (QED) is 0.649. The van der Waals surface area contributed by atoms with Gasteiger partial charge in [-0.05, 0) is 17.7 Å². The van der Waals surface area contributed by atoms with Crippen molar-refractivity contribution in [3.05, 3.63) is 30.1 Å². The summed E-state index contributed by atoms with van der Waals surface area (Å²) in [7, 11) is 0. The number of imidazole rings is 1. The van der Waals surface area contributed by atoms with E-state index in [1.165, 1.54) is 0 Å². The number of nitrogens with zero attached hydrogens (tertiary/aromatic N) is 1. The van der Waals surface area contributed by atoms with Gasteiger partial charge in [0.2, 0.25) is 0 Å². The topological polar surface area (TPSA) is 92.0 Å². The predicted octanol–water partition coefficient (Wildman–Crippen LogP) is 0.647. The van der Waals surface area contributed by atoms with Crippen LogP contribution in [0, 0.1) is 0 Å². The van der Waals surface area contributed by atoms with Crippen molar-refractivity contribution in [2.24, 2.45) is 5.73 Å². The summed E-state index contributed by atoms with van der Waals surface area (Å²) < 4.78 is 0. The third kappa shape index (κ3) is 1.33. The number of carboxylic acid groups (broad SMARTS) is 1. The summed E-state index contributed by atoms with van der Waals surface area (Å²) in [5.74, 6) is -1.04. The number of rotatable bonds is 2. The number of H-pyrrole nitrogens is 1. The number of aromatic amines is 1. The summed E-state index contributed by atoms with van der Waals surface area (Å²) in [5.41, 5.74) is 7.62. The van der Waals surface area contributed by atoms with Crippen LogP contribution in [0.3, 0.4) is 0 Å². The van der Waals surface area contributed by atoms with E-state index >= 15 is 0 Å². The highest BCUT2D eigenvalue weighted by atomic mass is 16.4. The number of nitrogens with one attached hydrogen (secondary N) is 1. The van der Waals surface area contributed by atoms with Gasteiger partial charge in [-0.1, -0.05) is 6.07 Å². The molecule has 14 heavy (non-hydrogen) atoms. The van der Waals surface area contributed by atoms with Gasteiger partial charge in [-0.3, -0.25) is 4.79 Å². The summed E-state index contributed by atoms with van der Waals surface area (Å²) in [4.78, 5) is 17.5. The minimum atomic E-state index is -1.04. The predicted molar refractivity (Wildman–Crippen MR) is 50.7 cm³/mol. The fourth-order valence-electron chi connectivity index (χ4n) is 1.29. The van der Waals surface area contributed by atoms with Crippen LogP contribution in [0.25, 0.3) is 11.0 Å². The maximum absolute atomic E-state index is 10.6. The minimum Gasteiger partial charge on any atom is -0.480 e. The first kappa shape index (κ1) is 8.71. The van der Waals surface area contributed by atoms with Gasteiger partial charge < -0.3 is 15.8 Å². The second kappa shape index (κ2) is 3.12. The van der Waals surface area contributed by atoms with Gasteiger partial charge in [-0.15, -0.1) is 0 Å². The van der Waals surface area contributed by atoms with Crippen molar-refractivity contribution in [2.75, 3.05) is 0 Å². The van der Waals surface area contributed by atoms with Gasteiger partial charge in [0.15, 0.2) is 0 Å². The lowest BCUT2D eigenvalue weighted by atomic mass is 10.1. The largest absolute Gasteiger partial charge is 0.480 e. The zero-order valence-corrected chi connectivity index (χ0v) is 7.27. The van der Waals surface area contributed by atoms with Crippen LogP contribution in [0.1, 0.15) is 11.6 Å². The molecule has 1 atom stereocenters. The second-order valence-electron chi connectivity index (χ2n) is 3.00. The summed E-state index contributed by atoms with van der Waals surface area (Å²) in [6, 6.07) is 4.12. The maximum atomic E-state index is 10.6. The van der Waals surface area contributed by atoms with E-state index in [1.54, 1.807) is 24.5 Å². The molecule has 0 aliphatic heterocycles. The molecule has 0 spiro atoms. The molecule has 0 aliphatic carbocycles. The van der Waals surface area contributed by atoms with Crippen LogP contribution in [0.2, 0.25) is 0 Å². The second-order valence-corrected chi connectivity index (χ2v) is 3.00. The molecule has 0 fully saturated rings. The lowest BCUT2D eigenvalue weighted by molar-refractivity contribution is -0.138. The summed E-state index contributed by atoms with van der Waals surface area (Å²) in [6.07, 6.45) is 1.56. The van der Waals surface area contributed by atoms with Crippen molar-refractivity contribution >= 4 is 17.0 Å². The van der Waals surface area contributed by atoms with Crippen molar-refractivity contribution in [3.8, 4) is 0 Å². The first-order valence-corrected chi connectivity index (χ1v) is 4.10. The van der Waals surface area contributed by atoms with E-state index in [0.29, 0.717) is 5.56 Å². The van der Waals surface area contributed by atoms with Crippen LogP contribution in [-0.4, -0.2) is 21.0 Å². The molecule has 0 aliphatic rings. The Labute approximate surface area is 79.6 Å². The van der Waals surface area contributed by atoms with Crippen LogP contribution in [0.5, 0.6) is 0 Å². The molecule has 1 unspecified atom stereocenters. The monoisotopic (exact) mass is 191 g/mol. The molecular formula is C9H9N3O2. The smallest absolute Gasteiger partial charge is 0.325 e. The lowest BCUT2D eigenvalue weighted by Crippen LogP contribution is -2.20. The average molecular weight is 191 g/mol. The van der Waals surface area contributed by atoms with Crippen molar-refractivity contribution in [3.63, 3.8) is 0 Å². The Morgan fingerprint density at radius 2 is 2.36 bits per heavy atom. The maximum Gasteiger partial charge on any atom is 0.325 e. The Kier molecular flexibility index (Phi) is 1.94. The molecule has 4 N–H and O–H groups in total. The number of nitrogens with two attached hydrogens (primary N) is 1. The van der Waals surface area contributed by atoms with Gasteiger partial charge in [0.05, 0.1) is 17.4 Å². The van der Waals surface area contributed by atoms with Gasteiger partial charge in [0.25, 0.3) is 0 Å². The first-order valence-electron chi connectivity index (χ1n) is 4.10. The van der Waals surface area contributed by atoms with Crippen LogP contribution in [0.15, 0.2) is 24.5 Å². The fourth-order valence-corrected chi connectivity index (χ4v) is 1.29. The number of hydrogen-bond acceptors (Lipinski definition) is 3. The Morgan fingerprint density at radius 1 is 1.57 bits per heavy atom. The third-order valence-electron chi connectivity index (χ3n) is 2.07. The molecule has 5 heteroatoms. The van der Waals surface area contributed by atoms with Gasteiger partial charge in [-0.2, -0.15) is 0 Å². The molecule has 1 heterocycles. The van der Waals surface area contributed by atoms with E-state index in [4.69, 9.17) is 10.8 Å². The molecule has 5 nitrogen and oxygen atoms in total. The Bertz CT molecular complexity index is 478. The number of carboxylic acids is 1. The van der Waals surface area contributed by atoms with Crippen molar-refractivity contribution in [2.45, 2.75) is 6.04 Å². The molecule has 0 saturated carbocycles. The Balaban J connectivity index is 2.48. The standard InChI is InChI=1S/C9H9N3O2/c10-8(9(13)14)5-1-2-6-7(3-5)12-4-11-6/h1-4,8H,10H2,(H,11,12)(H,13,14). The number of hydrogen-bond donors (Lipinski definition) is 3. The normalized spacial score (nSPS) is 12.9. The van der Waals surface area contributed by atoms with Gasteiger partial charge >= 0.3 is 5.97 Å². The van der Waals surface area contributed by atoms with Crippen molar-refractivity contribution in [1.82, 2.24) is 9.97 Å². The van der Waals surface area contributed by atoms with E-state index in [1.807, 2.05) is 0 Å². The first-order chi connectivity index (χ1) is 6.68. The SMILES string of the molecule is NC(C(=O)O)c1ccc2nc[nH]c2c1. The number of aliphatic carboxylic acids is 1. The Hall–Kier alpha value is -1.88. The third-order valence-corrected chi connectivity index (χ3v) is 2.07. The highest BCUT2D eigenvalue weighted by Crippen LogP contribution is 2.16. The van der Waals surface area contributed by atoms with Crippen LogP contribution >= 0.6 is 0 Å².